The molecule has 0 radical (unpaired) electrons. The van der Waals surface area contributed by atoms with Crippen molar-refractivity contribution in [3.8, 4) is 0 Å². The molecule has 1 aromatic rings. The monoisotopic (exact) mass is 286 g/mol. The van der Waals surface area contributed by atoms with E-state index in [4.69, 9.17) is 0 Å². The van der Waals surface area contributed by atoms with Gasteiger partial charge in [0.2, 0.25) is 0 Å². The first-order chi connectivity index (χ1) is 10.2. The van der Waals surface area contributed by atoms with Gasteiger partial charge in [-0.3, -0.25) is 4.79 Å². The van der Waals surface area contributed by atoms with Crippen LogP contribution in [0.25, 0.3) is 0 Å². The SMILES string of the molecule is CC1CCCC(NC(=O)c2ccc3c(c2)CCCN3)CC1. The fourth-order valence-electron chi connectivity index (χ4n) is 3.52. The molecule has 0 bridgehead atoms. The van der Waals surface area contributed by atoms with Gasteiger partial charge in [-0.2, -0.15) is 0 Å². The van der Waals surface area contributed by atoms with Gasteiger partial charge in [0.1, 0.15) is 0 Å². The largest absolute Gasteiger partial charge is 0.385 e. The number of nitrogens with one attached hydrogen (secondary N) is 2. The second-order valence-corrected chi connectivity index (χ2v) is 6.69. The zero-order valence-corrected chi connectivity index (χ0v) is 13.0. The van der Waals surface area contributed by atoms with E-state index in [2.05, 4.69) is 29.7 Å². The zero-order chi connectivity index (χ0) is 14.7. The molecular weight excluding hydrogens is 260 g/mol. The summed E-state index contributed by atoms with van der Waals surface area (Å²) in [6.45, 7) is 3.36. The lowest BCUT2D eigenvalue weighted by molar-refractivity contribution is 0.0933. The Balaban J connectivity index is 1.65. The molecule has 1 saturated carbocycles. The van der Waals surface area contributed by atoms with E-state index in [1.165, 1.54) is 30.5 Å². The highest BCUT2D eigenvalue weighted by Crippen LogP contribution is 2.25. The lowest BCUT2D eigenvalue weighted by atomic mass is 10.00. The molecule has 1 aliphatic heterocycles. The summed E-state index contributed by atoms with van der Waals surface area (Å²) in [7, 11) is 0. The summed E-state index contributed by atoms with van der Waals surface area (Å²) in [5.74, 6) is 0.907. The molecule has 2 unspecified atom stereocenters. The summed E-state index contributed by atoms with van der Waals surface area (Å²) in [6, 6.07) is 6.43. The molecule has 0 spiro atoms. The normalized spacial score (nSPS) is 25.4. The number of carbonyl (C=O) groups excluding carboxylic acids is 1. The van der Waals surface area contributed by atoms with Crippen LogP contribution in [0.4, 0.5) is 5.69 Å². The molecule has 114 valence electrons. The Morgan fingerprint density at radius 1 is 1.19 bits per heavy atom. The van der Waals surface area contributed by atoms with Crippen molar-refractivity contribution in [3.63, 3.8) is 0 Å². The van der Waals surface area contributed by atoms with E-state index in [0.717, 1.165) is 43.7 Å². The van der Waals surface area contributed by atoms with Gasteiger partial charge < -0.3 is 10.6 Å². The average molecular weight is 286 g/mol. The maximum absolute atomic E-state index is 12.5. The van der Waals surface area contributed by atoms with Crippen molar-refractivity contribution < 1.29 is 4.79 Å². The minimum Gasteiger partial charge on any atom is -0.385 e. The molecule has 1 fully saturated rings. The third kappa shape index (κ3) is 3.58. The van der Waals surface area contributed by atoms with Crippen molar-refractivity contribution >= 4 is 11.6 Å². The predicted octanol–water partition coefficient (Wildman–Crippen LogP) is 3.74. The summed E-state index contributed by atoms with van der Waals surface area (Å²) < 4.78 is 0. The zero-order valence-electron chi connectivity index (χ0n) is 13.0. The van der Waals surface area contributed by atoms with Crippen LogP contribution in [0.15, 0.2) is 18.2 Å². The van der Waals surface area contributed by atoms with Crippen molar-refractivity contribution in [2.45, 2.75) is 57.9 Å². The van der Waals surface area contributed by atoms with Gasteiger partial charge in [0.05, 0.1) is 0 Å². The first-order valence-electron chi connectivity index (χ1n) is 8.40. The van der Waals surface area contributed by atoms with Crippen LogP contribution >= 0.6 is 0 Å². The lowest BCUT2D eigenvalue weighted by Crippen LogP contribution is -2.34. The fourth-order valence-corrected chi connectivity index (χ4v) is 3.52. The summed E-state index contributed by atoms with van der Waals surface area (Å²) >= 11 is 0. The van der Waals surface area contributed by atoms with Crippen LogP contribution < -0.4 is 10.6 Å². The Bertz CT molecular complexity index is 512. The molecule has 1 aliphatic carbocycles. The van der Waals surface area contributed by atoms with Crippen molar-refractivity contribution in [3.05, 3.63) is 29.3 Å². The maximum Gasteiger partial charge on any atom is 0.251 e. The minimum atomic E-state index is 0.0999. The molecule has 1 amide bonds. The van der Waals surface area contributed by atoms with E-state index in [9.17, 15) is 4.79 Å². The number of benzene rings is 1. The Labute approximate surface area is 127 Å². The van der Waals surface area contributed by atoms with Crippen molar-refractivity contribution in [2.75, 3.05) is 11.9 Å². The first kappa shape index (κ1) is 14.4. The highest BCUT2D eigenvalue weighted by molar-refractivity contribution is 5.95. The molecule has 0 aromatic heterocycles. The van der Waals surface area contributed by atoms with Gasteiger partial charge in [-0.25, -0.2) is 0 Å². The highest BCUT2D eigenvalue weighted by atomic mass is 16.1. The lowest BCUT2D eigenvalue weighted by Gasteiger charge is -2.20. The Morgan fingerprint density at radius 2 is 2.10 bits per heavy atom. The molecule has 2 atom stereocenters. The van der Waals surface area contributed by atoms with Gasteiger partial charge in [-0.05, 0) is 61.8 Å². The number of hydrogen-bond donors (Lipinski definition) is 2. The number of anilines is 1. The third-order valence-electron chi connectivity index (χ3n) is 4.90. The molecule has 3 heteroatoms. The second kappa shape index (κ2) is 6.50. The van der Waals surface area contributed by atoms with E-state index < -0.39 is 0 Å². The van der Waals surface area contributed by atoms with Gasteiger partial charge in [0.15, 0.2) is 0 Å². The molecule has 3 rings (SSSR count). The number of carbonyl (C=O) groups is 1. The van der Waals surface area contributed by atoms with Crippen LogP contribution in [0.5, 0.6) is 0 Å². The van der Waals surface area contributed by atoms with E-state index >= 15 is 0 Å². The number of hydrogen-bond acceptors (Lipinski definition) is 2. The molecular formula is C18H26N2O. The van der Waals surface area contributed by atoms with Gasteiger partial charge >= 0.3 is 0 Å². The summed E-state index contributed by atoms with van der Waals surface area (Å²) in [6.07, 6.45) is 8.25. The fraction of sp³-hybridized carbons (Fsp3) is 0.611. The third-order valence-corrected chi connectivity index (χ3v) is 4.90. The maximum atomic E-state index is 12.5. The summed E-state index contributed by atoms with van der Waals surface area (Å²) in [5.41, 5.74) is 3.29. The van der Waals surface area contributed by atoms with Crippen molar-refractivity contribution in [2.24, 2.45) is 5.92 Å². The van der Waals surface area contributed by atoms with Gasteiger partial charge in [0.25, 0.3) is 5.91 Å². The number of aryl methyl sites for hydroxylation is 1. The smallest absolute Gasteiger partial charge is 0.251 e. The van der Waals surface area contributed by atoms with Crippen LogP contribution in [0, 0.1) is 5.92 Å². The predicted molar refractivity (Wildman–Crippen MR) is 86.8 cm³/mol. The summed E-state index contributed by atoms with van der Waals surface area (Å²) in [4.78, 5) is 12.5. The van der Waals surface area contributed by atoms with Crippen LogP contribution in [0.3, 0.4) is 0 Å². The average Bonchev–Trinajstić information content (AvgIpc) is 2.71. The van der Waals surface area contributed by atoms with Crippen LogP contribution in [-0.4, -0.2) is 18.5 Å². The van der Waals surface area contributed by atoms with Crippen LogP contribution in [-0.2, 0) is 6.42 Å². The molecule has 3 nitrogen and oxygen atoms in total. The van der Waals surface area contributed by atoms with E-state index in [0.29, 0.717) is 6.04 Å². The molecule has 1 aromatic carbocycles. The Hall–Kier alpha value is -1.51. The molecule has 1 heterocycles. The second-order valence-electron chi connectivity index (χ2n) is 6.69. The van der Waals surface area contributed by atoms with Gasteiger partial charge in [-0.1, -0.05) is 19.8 Å². The number of amides is 1. The molecule has 2 aliphatic rings. The van der Waals surface area contributed by atoms with E-state index in [1.807, 2.05) is 6.07 Å². The summed E-state index contributed by atoms with van der Waals surface area (Å²) in [5, 5.41) is 6.63. The van der Waals surface area contributed by atoms with Crippen molar-refractivity contribution in [1.82, 2.24) is 5.32 Å². The molecule has 2 N–H and O–H groups in total. The van der Waals surface area contributed by atoms with E-state index in [1.54, 1.807) is 0 Å². The highest BCUT2D eigenvalue weighted by Gasteiger charge is 2.19. The van der Waals surface area contributed by atoms with Gasteiger partial charge in [0, 0.05) is 23.8 Å². The minimum absolute atomic E-state index is 0.0999. The van der Waals surface area contributed by atoms with Crippen LogP contribution in [0.1, 0.15) is 61.4 Å². The van der Waals surface area contributed by atoms with Gasteiger partial charge in [-0.15, -0.1) is 0 Å². The Kier molecular flexibility index (Phi) is 4.47. The first-order valence-corrected chi connectivity index (χ1v) is 8.40. The standard InChI is InChI=1S/C18H26N2O/c1-13-4-2-6-16(9-7-13)20-18(21)15-8-10-17-14(12-15)5-3-11-19-17/h8,10,12-13,16,19H,2-7,9,11H2,1H3,(H,20,21). The quantitative estimate of drug-likeness (QED) is 0.813. The van der Waals surface area contributed by atoms with Crippen molar-refractivity contribution in [1.29, 1.82) is 0 Å². The van der Waals surface area contributed by atoms with Crippen LogP contribution in [0.2, 0.25) is 0 Å². The number of fused-ring (bicyclic) bond motifs is 1. The Morgan fingerprint density at radius 3 is 3.00 bits per heavy atom. The molecule has 21 heavy (non-hydrogen) atoms. The topological polar surface area (TPSA) is 41.1 Å². The van der Waals surface area contributed by atoms with E-state index in [-0.39, 0.29) is 5.91 Å². The number of rotatable bonds is 2. The molecule has 0 saturated heterocycles.